The van der Waals surface area contributed by atoms with Gasteiger partial charge in [0.15, 0.2) is 5.82 Å². The second-order valence-corrected chi connectivity index (χ2v) is 7.92. The van der Waals surface area contributed by atoms with Crippen LogP contribution in [0.2, 0.25) is 0 Å². The first-order valence-electron chi connectivity index (χ1n) is 9.31. The average Bonchev–Trinajstić information content (AvgIpc) is 3.28. The molecule has 144 valence electrons. The van der Waals surface area contributed by atoms with Gasteiger partial charge in [0, 0.05) is 51.5 Å². The Morgan fingerprint density at radius 1 is 0.964 bits per heavy atom. The number of amides is 1. The highest BCUT2D eigenvalue weighted by molar-refractivity contribution is 7.13. The summed E-state index contributed by atoms with van der Waals surface area (Å²) in [5, 5.41) is 10.8. The van der Waals surface area contributed by atoms with Crippen molar-refractivity contribution in [3.8, 4) is 10.6 Å². The predicted molar refractivity (Wildman–Crippen MR) is 114 cm³/mol. The van der Waals surface area contributed by atoms with Crippen molar-refractivity contribution in [3.63, 3.8) is 0 Å². The zero-order valence-corrected chi connectivity index (χ0v) is 16.9. The third-order valence-electron chi connectivity index (χ3n) is 4.95. The van der Waals surface area contributed by atoms with Crippen LogP contribution in [-0.2, 0) is 0 Å². The number of hydrogen-bond acceptors (Lipinski definition) is 6. The lowest BCUT2D eigenvalue weighted by Gasteiger charge is -2.35. The molecule has 1 amide bonds. The van der Waals surface area contributed by atoms with Crippen LogP contribution in [0.5, 0.6) is 0 Å². The number of anilines is 2. The van der Waals surface area contributed by atoms with Crippen LogP contribution in [0, 0.1) is 0 Å². The molecule has 0 aliphatic carbocycles. The Balaban J connectivity index is 1.37. The first kappa shape index (κ1) is 18.4. The fourth-order valence-corrected chi connectivity index (χ4v) is 3.96. The van der Waals surface area contributed by atoms with Gasteiger partial charge in [-0.15, -0.1) is 21.5 Å². The maximum absolute atomic E-state index is 12.8. The topological polar surface area (TPSA) is 52.6 Å². The summed E-state index contributed by atoms with van der Waals surface area (Å²) in [6.07, 6.45) is 0. The normalized spacial score (nSPS) is 14.2. The average molecular weight is 394 g/mol. The zero-order valence-electron chi connectivity index (χ0n) is 16.1. The zero-order chi connectivity index (χ0) is 19.5. The molecule has 1 aliphatic rings. The van der Waals surface area contributed by atoms with E-state index in [2.05, 4.69) is 15.1 Å². The molecule has 7 heteroatoms. The molecule has 0 bridgehead atoms. The fraction of sp³-hybridized carbons (Fsp3) is 0.286. The number of thiophene rings is 1. The van der Waals surface area contributed by atoms with Crippen LogP contribution in [0.25, 0.3) is 10.6 Å². The standard InChI is InChI=1S/C21H23N5OS/c1-24(2)17-7-5-16(6-8-17)21(27)26-13-11-25(12-14-26)20-10-9-18(22-23-20)19-4-3-15-28-19/h3-10,15H,11-14H2,1-2H3. The quantitative estimate of drug-likeness (QED) is 0.681. The molecule has 28 heavy (non-hydrogen) atoms. The van der Waals surface area contributed by atoms with Crippen molar-refractivity contribution in [1.82, 2.24) is 15.1 Å². The largest absolute Gasteiger partial charge is 0.378 e. The van der Waals surface area contributed by atoms with Crippen LogP contribution in [0.1, 0.15) is 10.4 Å². The Morgan fingerprint density at radius 3 is 2.29 bits per heavy atom. The van der Waals surface area contributed by atoms with E-state index in [0.29, 0.717) is 13.1 Å². The molecule has 1 aromatic carbocycles. The van der Waals surface area contributed by atoms with Gasteiger partial charge in [0.05, 0.1) is 4.88 Å². The molecular formula is C21H23N5OS. The lowest BCUT2D eigenvalue weighted by molar-refractivity contribution is 0.0746. The minimum atomic E-state index is 0.0871. The van der Waals surface area contributed by atoms with Crippen LogP contribution in [0.4, 0.5) is 11.5 Å². The summed E-state index contributed by atoms with van der Waals surface area (Å²) in [5.41, 5.74) is 2.72. The summed E-state index contributed by atoms with van der Waals surface area (Å²) in [6.45, 7) is 2.88. The summed E-state index contributed by atoms with van der Waals surface area (Å²) < 4.78 is 0. The van der Waals surface area contributed by atoms with Crippen molar-refractivity contribution in [2.75, 3.05) is 50.1 Å². The summed E-state index contributed by atoms with van der Waals surface area (Å²) in [6, 6.07) is 15.8. The van der Waals surface area contributed by atoms with Gasteiger partial charge >= 0.3 is 0 Å². The second-order valence-electron chi connectivity index (χ2n) is 6.97. The van der Waals surface area contributed by atoms with Gasteiger partial charge in [0.1, 0.15) is 5.69 Å². The summed E-state index contributed by atoms with van der Waals surface area (Å²) >= 11 is 1.66. The van der Waals surface area contributed by atoms with Crippen LogP contribution < -0.4 is 9.80 Å². The maximum atomic E-state index is 12.8. The Bertz CT molecular complexity index is 914. The van der Waals surface area contributed by atoms with Crippen LogP contribution in [-0.4, -0.2) is 61.3 Å². The van der Waals surface area contributed by atoms with E-state index in [0.717, 1.165) is 40.7 Å². The third-order valence-corrected chi connectivity index (χ3v) is 5.84. The fourth-order valence-electron chi connectivity index (χ4n) is 3.27. The van der Waals surface area contributed by atoms with E-state index >= 15 is 0 Å². The molecule has 1 aliphatic heterocycles. The smallest absolute Gasteiger partial charge is 0.253 e. The Kier molecular flexibility index (Phi) is 5.25. The van der Waals surface area contributed by atoms with Gasteiger partial charge in [0.25, 0.3) is 5.91 Å². The van der Waals surface area contributed by atoms with E-state index in [-0.39, 0.29) is 5.91 Å². The van der Waals surface area contributed by atoms with Gasteiger partial charge in [-0.25, -0.2) is 0 Å². The molecule has 0 atom stereocenters. The Labute approximate surface area is 169 Å². The van der Waals surface area contributed by atoms with E-state index in [1.807, 2.05) is 77.8 Å². The lowest BCUT2D eigenvalue weighted by atomic mass is 10.1. The van der Waals surface area contributed by atoms with Gasteiger partial charge in [0.2, 0.25) is 0 Å². The van der Waals surface area contributed by atoms with Gasteiger partial charge in [-0.05, 0) is 47.8 Å². The molecule has 1 fully saturated rings. The highest BCUT2D eigenvalue weighted by Crippen LogP contribution is 2.23. The number of rotatable bonds is 4. The Morgan fingerprint density at radius 2 is 1.71 bits per heavy atom. The lowest BCUT2D eigenvalue weighted by Crippen LogP contribution is -2.49. The van der Waals surface area contributed by atoms with Crippen molar-refractivity contribution in [2.24, 2.45) is 0 Å². The van der Waals surface area contributed by atoms with Crippen LogP contribution >= 0.6 is 11.3 Å². The van der Waals surface area contributed by atoms with Gasteiger partial charge in [-0.3, -0.25) is 4.79 Å². The molecule has 2 aromatic heterocycles. The van der Waals surface area contributed by atoms with Crippen molar-refractivity contribution < 1.29 is 4.79 Å². The molecule has 1 saturated heterocycles. The second kappa shape index (κ2) is 7.98. The monoisotopic (exact) mass is 393 g/mol. The number of hydrogen-bond donors (Lipinski definition) is 0. The molecule has 0 saturated carbocycles. The molecular weight excluding hydrogens is 370 g/mol. The minimum Gasteiger partial charge on any atom is -0.378 e. The van der Waals surface area contributed by atoms with Crippen LogP contribution in [0.15, 0.2) is 53.9 Å². The van der Waals surface area contributed by atoms with Gasteiger partial charge in [-0.1, -0.05) is 6.07 Å². The molecule has 4 rings (SSSR count). The molecule has 3 heterocycles. The van der Waals surface area contributed by atoms with E-state index in [1.165, 1.54) is 0 Å². The van der Waals surface area contributed by atoms with Gasteiger partial charge in [-0.2, -0.15) is 0 Å². The summed E-state index contributed by atoms with van der Waals surface area (Å²) in [7, 11) is 3.98. The molecule has 0 spiro atoms. The van der Waals surface area contributed by atoms with Crippen LogP contribution in [0.3, 0.4) is 0 Å². The van der Waals surface area contributed by atoms with E-state index in [1.54, 1.807) is 11.3 Å². The summed E-state index contributed by atoms with van der Waals surface area (Å²) in [4.78, 5) is 20.0. The number of carbonyl (C=O) groups is 1. The number of benzene rings is 1. The molecule has 0 radical (unpaired) electrons. The Hall–Kier alpha value is -2.93. The van der Waals surface area contributed by atoms with Crippen molar-refractivity contribution in [1.29, 1.82) is 0 Å². The van der Waals surface area contributed by atoms with E-state index < -0.39 is 0 Å². The molecule has 3 aromatic rings. The number of nitrogens with zero attached hydrogens (tertiary/aromatic N) is 5. The molecule has 6 nitrogen and oxygen atoms in total. The summed E-state index contributed by atoms with van der Waals surface area (Å²) in [5.74, 6) is 0.951. The first-order valence-corrected chi connectivity index (χ1v) is 10.2. The number of aromatic nitrogens is 2. The molecule has 0 N–H and O–H groups in total. The minimum absolute atomic E-state index is 0.0871. The number of piperazine rings is 1. The number of carbonyl (C=O) groups excluding carboxylic acids is 1. The third kappa shape index (κ3) is 3.84. The highest BCUT2D eigenvalue weighted by Gasteiger charge is 2.23. The predicted octanol–water partition coefficient (Wildman–Crippen LogP) is 3.23. The first-order chi connectivity index (χ1) is 13.6. The highest BCUT2D eigenvalue weighted by atomic mass is 32.1. The SMILES string of the molecule is CN(C)c1ccc(C(=O)N2CCN(c3ccc(-c4cccs4)nn3)CC2)cc1. The van der Waals surface area contributed by atoms with Crippen molar-refractivity contribution >= 4 is 28.7 Å². The molecule has 0 unspecified atom stereocenters. The van der Waals surface area contributed by atoms with Gasteiger partial charge < -0.3 is 14.7 Å². The van der Waals surface area contributed by atoms with Crippen molar-refractivity contribution in [3.05, 3.63) is 59.5 Å². The van der Waals surface area contributed by atoms with Crippen molar-refractivity contribution in [2.45, 2.75) is 0 Å². The maximum Gasteiger partial charge on any atom is 0.253 e. The van der Waals surface area contributed by atoms with E-state index in [9.17, 15) is 4.79 Å². The van der Waals surface area contributed by atoms with E-state index in [4.69, 9.17) is 0 Å².